The van der Waals surface area contributed by atoms with Gasteiger partial charge in [-0.1, -0.05) is 63.2 Å². The van der Waals surface area contributed by atoms with Crippen LogP contribution in [0.15, 0.2) is 65.7 Å². The first kappa shape index (κ1) is 24.7. The molecule has 0 N–H and O–H groups in total. The van der Waals surface area contributed by atoms with Gasteiger partial charge in [0.2, 0.25) is 0 Å². The van der Waals surface area contributed by atoms with Crippen LogP contribution in [-0.2, 0) is 23.1 Å². The predicted molar refractivity (Wildman–Crippen MR) is 140 cm³/mol. The number of carbonyl (C=O) groups is 1. The summed E-state index contributed by atoms with van der Waals surface area (Å²) in [5, 5.41) is 0.460. The summed E-state index contributed by atoms with van der Waals surface area (Å²) < 4.78 is 12.8. The molecule has 0 aliphatic heterocycles. The number of rotatable bonds is 8. The SMILES string of the molecule is Cc1c(C(=O)OCCc2ccccc2)sc2ncn(CCOc3ccc(C(C)(C)C)cc3)c(=O)c12. The van der Waals surface area contributed by atoms with Gasteiger partial charge >= 0.3 is 5.97 Å². The van der Waals surface area contributed by atoms with Gasteiger partial charge in [-0.15, -0.1) is 11.3 Å². The Morgan fingerprint density at radius 1 is 1.03 bits per heavy atom. The number of carbonyl (C=O) groups excluding carboxylic acids is 1. The van der Waals surface area contributed by atoms with Crippen LogP contribution in [0.2, 0.25) is 0 Å². The summed E-state index contributed by atoms with van der Waals surface area (Å²) >= 11 is 1.19. The van der Waals surface area contributed by atoms with Crippen molar-refractivity contribution in [2.24, 2.45) is 0 Å². The molecule has 0 amide bonds. The van der Waals surface area contributed by atoms with Crippen molar-refractivity contribution in [3.63, 3.8) is 0 Å². The predicted octanol–water partition coefficient (Wildman–Crippen LogP) is 5.54. The molecule has 0 saturated heterocycles. The van der Waals surface area contributed by atoms with E-state index in [2.05, 4.69) is 37.9 Å². The van der Waals surface area contributed by atoms with Gasteiger partial charge < -0.3 is 9.47 Å². The molecule has 0 aliphatic rings. The Balaban J connectivity index is 1.40. The number of thiophene rings is 1. The van der Waals surface area contributed by atoms with E-state index in [-0.39, 0.29) is 17.6 Å². The van der Waals surface area contributed by atoms with E-state index in [1.807, 2.05) is 42.5 Å². The number of ether oxygens (including phenoxy) is 2. The summed E-state index contributed by atoms with van der Waals surface area (Å²) in [5.74, 6) is 0.335. The number of aromatic nitrogens is 2. The van der Waals surface area contributed by atoms with Crippen LogP contribution in [0.25, 0.3) is 10.2 Å². The number of nitrogens with zero attached hydrogens (tertiary/aromatic N) is 2. The zero-order valence-corrected chi connectivity index (χ0v) is 21.4. The first-order chi connectivity index (χ1) is 16.7. The topological polar surface area (TPSA) is 70.4 Å². The summed E-state index contributed by atoms with van der Waals surface area (Å²) in [5.41, 5.74) is 2.85. The highest BCUT2D eigenvalue weighted by Crippen LogP contribution is 2.28. The minimum atomic E-state index is -0.422. The third-order valence-electron chi connectivity index (χ3n) is 5.89. The van der Waals surface area contributed by atoms with Crippen molar-refractivity contribution in [2.45, 2.75) is 46.1 Å². The zero-order chi connectivity index (χ0) is 25.0. The van der Waals surface area contributed by atoms with E-state index in [0.717, 1.165) is 11.3 Å². The average molecular weight is 491 g/mol. The molecule has 0 atom stereocenters. The third kappa shape index (κ3) is 5.80. The fourth-order valence-corrected chi connectivity index (χ4v) is 4.83. The van der Waals surface area contributed by atoms with Gasteiger partial charge in [0.25, 0.3) is 5.56 Å². The minimum Gasteiger partial charge on any atom is -0.492 e. The second-order valence-corrected chi connectivity index (χ2v) is 10.5. The molecule has 6 nitrogen and oxygen atoms in total. The number of aryl methyl sites for hydroxylation is 1. The maximum absolute atomic E-state index is 13.1. The Labute approximate surface area is 209 Å². The largest absolute Gasteiger partial charge is 0.492 e. The monoisotopic (exact) mass is 490 g/mol. The maximum atomic E-state index is 13.1. The van der Waals surface area contributed by atoms with Crippen molar-refractivity contribution in [1.29, 1.82) is 0 Å². The van der Waals surface area contributed by atoms with Crippen LogP contribution in [0.3, 0.4) is 0 Å². The van der Waals surface area contributed by atoms with E-state index in [0.29, 0.717) is 40.2 Å². The van der Waals surface area contributed by atoms with Crippen molar-refractivity contribution in [2.75, 3.05) is 13.2 Å². The lowest BCUT2D eigenvalue weighted by molar-refractivity contribution is 0.0514. The van der Waals surface area contributed by atoms with Crippen LogP contribution in [-0.4, -0.2) is 28.7 Å². The van der Waals surface area contributed by atoms with Gasteiger partial charge in [0, 0.05) is 6.42 Å². The smallest absolute Gasteiger partial charge is 0.348 e. The Hall–Kier alpha value is -3.45. The molecule has 4 aromatic rings. The number of benzene rings is 2. The molecule has 0 bridgehead atoms. The molecule has 0 fully saturated rings. The molecule has 2 aromatic carbocycles. The van der Waals surface area contributed by atoms with Crippen LogP contribution in [0.5, 0.6) is 5.75 Å². The molecule has 2 aromatic heterocycles. The summed E-state index contributed by atoms with van der Waals surface area (Å²) in [6.07, 6.45) is 2.15. The van der Waals surface area contributed by atoms with E-state index >= 15 is 0 Å². The molecule has 2 heterocycles. The molecule has 0 spiro atoms. The van der Waals surface area contributed by atoms with Gasteiger partial charge in [0.1, 0.15) is 22.1 Å². The first-order valence-corrected chi connectivity index (χ1v) is 12.5. The lowest BCUT2D eigenvalue weighted by Gasteiger charge is -2.19. The quantitative estimate of drug-likeness (QED) is 0.303. The van der Waals surface area contributed by atoms with Gasteiger partial charge in [0.05, 0.1) is 24.9 Å². The fraction of sp³-hybridized carbons (Fsp3) is 0.321. The van der Waals surface area contributed by atoms with Gasteiger partial charge in [-0.05, 0) is 41.2 Å². The van der Waals surface area contributed by atoms with Crippen molar-refractivity contribution in [1.82, 2.24) is 9.55 Å². The van der Waals surface area contributed by atoms with E-state index in [4.69, 9.17) is 9.47 Å². The molecule has 35 heavy (non-hydrogen) atoms. The highest BCUT2D eigenvalue weighted by Gasteiger charge is 2.20. The van der Waals surface area contributed by atoms with Crippen LogP contribution in [0.1, 0.15) is 47.1 Å². The van der Waals surface area contributed by atoms with Crippen molar-refractivity contribution < 1.29 is 14.3 Å². The highest BCUT2D eigenvalue weighted by molar-refractivity contribution is 7.20. The third-order valence-corrected chi connectivity index (χ3v) is 7.07. The molecular formula is C28H30N2O4S. The van der Waals surface area contributed by atoms with Crippen LogP contribution in [0, 0.1) is 6.92 Å². The van der Waals surface area contributed by atoms with Gasteiger partial charge in [-0.3, -0.25) is 9.36 Å². The number of esters is 1. The van der Waals surface area contributed by atoms with E-state index in [1.165, 1.54) is 27.8 Å². The molecule has 0 saturated carbocycles. The Morgan fingerprint density at radius 2 is 1.74 bits per heavy atom. The lowest BCUT2D eigenvalue weighted by Crippen LogP contribution is -2.23. The summed E-state index contributed by atoms with van der Waals surface area (Å²) in [6, 6.07) is 17.9. The number of hydrogen-bond acceptors (Lipinski definition) is 6. The Morgan fingerprint density at radius 3 is 2.43 bits per heavy atom. The molecule has 0 unspecified atom stereocenters. The molecule has 7 heteroatoms. The fourth-order valence-electron chi connectivity index (χ4n) is 3.80. The van der Waals surface area contributed by atoms with Gasteiger partial charge in [-0.25, -0.2) is 9.78 Å². The molecule has 0 radical (unpaired) electrons. The van der Waals surface area contributed by atoms with E-state index < -0.39 is 5.97 Å². The second kappa shape index (κ2) is 10.4. The van der Waals surface area contributed by atoms with Crippen molar-refractivity contribution in [3.05, 3.63) is 92.8 Å². The number of hydrogen-bond donors (Lipinski definition) is 0. The molecular weight excluding hydrogens is 460 g/mol. The lowest BCUT2D eigenvalue weighted by atomic mass is 9.87. The van der Waals surface area contributed by atoms with Crippen LogP contribution >= 0.6 is 11.3 Å². The summed E-state index contributed by atoms with van der Waals surface area (Å²) in [7, 11) is 0. The Bertz CT molecular complexity index is 1370. The zero-order valence-electron chi connectivity index (χ0n) is 20.5. The van der Waals surface area contributed by atoms with E-state index in [1.54, 1.807) is 6.92 Å². The molecule has 0 aliphatic carbocycles. The molecule has 182 valence electrons. The van der Waals surface area contributed by atoms with Gasteiger partial charge in [0.15, 0.2) is 0 Å². The minimum absolute atomic E-state index is 0.0818. The Kier molecular flexibility index (Phi) is 7.36. The van der Waals surface area contributed by atoms with Crippen molar-refractivity contribution >= 4 is 27.5 Å². The molecule has 4 rings (SSSR count). The summed E-state index contributed by atoms with van der Waals surface area (Å²) in [4.78, 5) is 31.1. The van der Waals surface area contributed by atoms with E-state index in [9.17, 15) is 9.59 Å². The van der Waals surface area contributed by atoms with Crippen molar-refractivity contribution in [3.8, 4) is 5.75 Å². The standard InChI is InChI=1S/C28H30N2O4S/c1-19-23-25(35-24(19)27(32)34-16-14-20-8-6-5-7-9-20)29-18-30(26(23)31)15-17-33-22-12-10-21(11-13-22)28(2,3)4/h5-13,18H,14-17H2,1-4H3. The van der Waals surface area contributed by atoms with Crippen LogP contribution in [0.4, 0.5) is 0 Å². The highest BCUT2D eigenvalue weighted by atomic mass is 32.1. The average Bonchev–Trinajstić information content (AvgIpc) is 3.18. The number of fused-ring (bicyclic) bond motifs is 1. The van der Waals surface area contributed by atoms with Crippen LogP contribution < -0.4 is 10.3 Å². The summed E-state index contributed by atoms with van der Waals surface area (Å²) in [6.45, 7) is 9.24. The van der Waals surface area contributed by atoms with Gasteiger partial charge in [-0.2, -0.15) is 0 Å². The first-order valence-electron chi connectivity index (χ1n) is 11.7. The second-order valence-electron chi connectivity index (χ2n) is 9.47. The maximum Gasteiger partial charge on any atom is 0.348 e. The normalized spacial score (nSPS) is 11.5.